The normalized spacial score (nSPS) is 24.1. The summed E-state index contributed by atoms with van der Waals surface area (Å²) in [5.74, 6) is 0.477. The summed E-state index contributed by atoms with van der Waals surface area (Å²) in [6.45, 7) is 5.28. The summed E-state index contributed by atoms with van der Waals surface area (Å²) in [6, 6.07) is 0.496. The Morgan fingerprint density at radius 3 is 2.94 bits per heavy atom. The van der Waals surface area contributed by atoms with E-state index in [2.05, 4.69) is 30.5 Å². The van der Waals surface area contributed by atoms with Gasteiger partial charge in [-0.05, 0) is 25.2 Å². The highest BCUT2D eigenvalue weighted by Gasteiger charge is 2.26. The molecule has 1 heterocycles. The zero-order valence-electron chi connectivity index (χ0n) is 11.9. The van der Waals surface area contributed by atoms with Crippen molar-refractivity contribution in [1.82, 2.24) is 15.1 Å². The summed E-state index contributed by atoms with van der Waals surface area (Å²) in [7, 11) is 3.80. The van der Waals surface area contributed by atoms with Gasteiger partial charge in [0.25, 0.3) is 0 Å². The van der Waals surface area contributed by atoms with Gasteiger partial charge in [0.05, 0.1) is 11.8 Å². The third-order valence-electron chi connectivity index (χ3n) is 3.79. The van der Waals surface area contributed by atoms with Crippen molar-refractivity contribution in [2.45, 2.75) is 57.7 Å². The van der Waals surface area contributed by atoms with E-state index in [1.54, 1.807) is 0 Å². The van der Waals surface area contributed by atoms with Crippen LogP contribution in [0.3, 0.4) is 0 Å². The van der Waals surface area contributed by atoms with Crippen LogP contribution in [0.2, 0.25) is 0 Å². The lowest BCUT2D eigenvalue weighted by atomic mass is 10.1. The predicted octanol–water partition coefficient (Wildman–Crippen LogP) is 2.20. The quantitative estimate of drug-likeness (QED) is 0.872. The van der Waals surface area contributed by atoms with Crippen molar-refractivity contribution >= 4 is 0 Å². The summed E-state index contributed by atoms with van der Waals surface area (Å²) >= 11 is 0. The van der Waals surface area contributed by atoms with Crippen LogP contribution in [0.15, 0.2) is 6.20 Å². The molecule has 1 N–H and O–H groups in total. The van der Waals surface area contributed by atoms with Crippen LogP contribution in [0.25, 0.3) is 0 Å². The van der Waals surface area contributed by atoms with E-state index in [0.29, 0.717) is 18.1 Å². The highest BCUT2D eigenvalue weighted by atomic mass is 16.5. The number of methoxy groups -OCH3 is 1. The van der Waals surface area contributed by atoms with E-state index in [1.165, 1.54) is 30.5 Å². The number of rotatable bonds is 5. The second-order valence-electron chi connectivity index (χ2n) is 5.56. The maximum Gasteiger partial charge on any atom is 0.0724 e. The molecule has 0 aliphatic heterocycles. The van der Waals surface area contributed by atoms with E-state index in [9.17, 15) is 0 Å². The lowest BCUT2D eigenvalue weighted by Crippen LogP contribution is -2.36. The van der Waals surface area contributed by atoms with Gasteiger partial charge in [-0.15, -0.1) is 0 Å². The van der Waals surface area contributed by atoms with E-state index in [4.69, 9.17) is 4.74 Å². The molecule has 2 unspecified atom stereocenters. The van der Waals surface area contributed by atoms with E-state index in [0.717, 1.165) is 6.54 Å². The predicted molar refractivity (Wildman–Crippen MR) is 72.6 cm³/mol. The molecule has 0 saturated heterocycles. The molecule has 2 atom stereocenters. The molecule has 1 aromatic rings. The lowest BCUT2D eigenvalue weighted by molar-refractivity contribution is 0.0847. The maximum absolute atomic E-state index is 5.51. The molecule has 102 valence electrons. The summed E-state index contributed by atoms with van der Waals surface area (Å²) in [5.41, 5.74) is 2.52. The fraction of sp³-hybridized carbons (Fsp3) is 0.786. The Balaban J connectivity index is 1.97. The molecule has 4 heteroatoms. The van der Waals surface area contributed by atoms with Crippen LogP contribution in [0.1, 0.15) is 50.3 Å². The van der Waals surface area contributed by atoms with Gasteiger partial charge in [-0.2, -0.15) is 5.10 Å². The largest absolute Gasteiger partial charge is 0.380 e. The standard InChI is InChI=1S/C14H25N3O/c1-10(2)14-11(9-17(3)16-14)8-15-12-6-5-7-13(12)18-4/h9-10,12-13,15H,5-8H2,1-4H3. The van der Waals surface area contributed by atoms with Crippen LogP contribution in [0.4, 0.5) is 0 Å². The maximum atomic E-state index is 5.51. The Kier molecular flexibility index (Phi) is 4.40. The minimum Gasteiger partial charge on any atom is -0.380 e. The van der Waals surface area contributed by atoms with Gasteiger partial charge in [0.1, 0.15) is 0 Å². The molecular formula is C14H25N3O. The third-order valence-corrected chi connectivity index (χ3v) is 3.79. The number of ether oxygens (including phenoxy) is 1. The first-order valence-electron chi connectivity index (χ1n) is 6.90. The van der Waals surface area contributed by atoms with Crippen molar-refractivity contribution in [3.05, 3.63) is 17.5 Å². The van der Waals surface area contributed by atoms with Gasteiger partial charge in [-0.3, -0.25) is 4.68 Å². The fourth-order valence-corrected chi connectivity index (χ4v) is 2.86. The van der Waals surface area contributed by atoms with Crippen molar-refractivity contribution in [1.29, 1.82) is 0 Å². The minimum absolute atomic E-state index is 0.379. The van der Waals surface area contributed by atoms with Crippen LogP contribution in [-0.4, -0.2) is 29.0 Å². The monoisotopic (exact) mass is 251 g/mol. The molecular weight excluding hydrogens is 226 g/mol. The molecule has 1 fully saturated rings. The van der Waals surface area contributed by atoms with Gasteiger partial charge in [0.15, 0.2) is 0 Å². The number of nitrogens with one attached hydrogen (secondary N) is 1. The molecule has 2 rings (SSSR count). The van der Waals surface area contributed by atoms with Gasteiger partial charge in [0, 0.05) is 38.5 Å². The van der Waals surface area contributed by atoms with Gasteiger partial charge in [-0.1, -0.05) is 13.8 Å². The first kappa shape index (κ1) is 13.6. The number of hydrogen-bond donors (Lipinski definition) is 1. The number of nitrogens with zero attached hydrogens (tertiary/aromatic N) is 2. The van der Waals surface area contributed by atoms with Crippen LogP contribution < -0.4 is 5.32 Å². The van der Waals surface area contributed by atoms with Crippen molar-refractivity contribution in [2.24, 2.45) is 7.05 Å². The Hall–Kier alpha value is -0.870. The SMILES string of the molecule is COC1CCCC1NCc1cn(C)nc1C(C)C. The fourth-order valence-electron chi connectivity index (χ4n) is 2.86. The van der Waals surface area contributed by atoms with Gasteiger partial charge >= 0.3 is 0 Å². The summed E-state index contributed by atoms with van der Waals surface area (Å²) in [6.07, 6.45) is 6.16. The Bertz CT molecular complexity index is 386. The molecule has 18 heavy (non-hydrogen) atoms. The number of aromatic nitrogens is 2. The molecule has 0 bridgehead atoms. The van der Waals surface area contributed by atoms with Gasteiger partial charge < -0.3 is 10.1 Å². The second kappa shape index (κ2) is 5.85. The first-order chi connectivity index (χ1) is 8.61. The number of aryl methyl sites for hydroxylation is 1. The zero-order chi connectivity index (χ0) is 13.1. The smallest absolute Gasteiger partial charge is 0.0724 e. The van der Waals surface area contributed by atoms with Crippen LogP contribution in [0.5, 0.6) is 0 Å². The Morgan fingerprint density at radius 2 is 2.28 bits per heavy atom. The lowest BCUT2D eigenvalue weighted by Gasteiger charge is -2.19. The van der Waals surface area contributed by atoms with Crippen molar-refractivity contribution < 1.29 is 4.74 Å². The summed E-state index contributed by atoms with van der Waals surface area (Å²) in [4.78, 5) is 0. The molecule has 1 saturated carbocycles. The average molecular weight is 251 g/mol. The van der Waals surface area contributed by atoms with E-state index in [-0.39, 0.29) is 0 Å². The molecule has 0 aromatic carbocycles. The van der Waals surface area contributed by atoms with Gasteiger partial charge in [0.2, 0.25) is 0 Å². The van der Waals surface area contributed by atoms with E-state index in [1.807, 2.05) is 18.8 Å². The van der Waals surface area contributed by atoms with Crippen LogP contribution in [-0.2, 0) is 18.3 Å². The summed E-state index contributed by atoms with van der Waals surface area (Å²) in [5, 5.41) is 8.17. The van der Waals surface area contributed by atoms with Gasteiger partial charge in [-0.25, -0.2) is 0 Å². The molecule has 1 aliphatic rings. The van der Waals surface area contributed by atoms with E-state index >= 15 is 0 Å². The number of hydrogen-bond acceptors (Lipinski definition) is 3. The molecule has 1 aliphatic carbocycles. The van der Waals surface area contributed by atoms with Crippen LogP contribution >= 0.6 is 0 Å². The third kappa shape index (κ3) is 2.93. The minimum atomic E-state index is 0.379. The second-order valence-corrected chi connectivity index (χ2v) is 5.56. The Labute approximate surface area is 110 Å². The molecule has 0 spiro atoms. The van der Waals surface area contributed by atoms with Crippen molar-refractivity contribution in [3.8, 4) is 0 Å². The molecule has 0 radical (unpaired) electrons. The van der Waals surface area contributed by atoms with E-state index < -0.39 is 0 Å². The molecule has 0 amide bonds. The molecule has 4 nitrogen and oxygen atoms in total. The van der Waals surface area contributed by atoms with Crippen LogP contribution in [0, 0.1) is 0 Å². The average Bonchev–Trinajstić information content (AvgIpc) is 2.91. The summed E-state index contributed by atoms with van der Waals surface area (Å²) < 4.78 is 7.42. The van der Waals surface area contributed by atoms with Crippen molar-refractivity contribution in [2.75, 3.05) is 7.11 Å². The highest BCUT2D eigenvalue weighted by molar-refractivity contribution is 5.20. The highest BCUT2D eigenvalue weighted by Crippen LogP contribution is 2.23. The van der Waals surface area contributed by atoms with Crippen molar-refractivity contribution in [3.63, 3.8) is 0 Å². The zero-order valence-corrected chi connectivity index (χ0v) is 11.9. The topological polar surface area (TPSA) is 39.1 Å². The first-order valence-corrected chi connectivity index (χ1v) is 6.90. The Morgan fingerprint density at radius 1 is 1.50 bits per heavy atom. The molecule has 1 aromatic heterocycles.